The zero-order valence-electron chi connectivity index (χ0n) is 53.7. The molecule has 416 valence electrons. The van der Waals surface area contributed by atoms with Gasteiger partial charge in [0, 0.05) is 44.3 Å². The first-order chi connectivity index (χ1) is 36.1. The predicted octanol–water partition coefficient (Wildman–Crippen LogP) is 23.3. The average molecular weight is 1050 g/mol. The van der Waals surface area contributed by atoms with E-state index in [0.29, 0.717) is 0 Å². The Morgan fingerprint density at radius 3 is 0.747 bits per heavy atom. The number of fused-ring (bicyclic) bond motifs is 2. The molecule has 79 heavy (non-hydrogen) atoms. The number of nitrogens with zero attached hydrogens (tertiary/aromatic N) is 2. The van der Waals surface area contributed by atoms with E-state index in [0.717, 1.165) is 0 Å². The van der Waals surface area contributed by atoms with Crippen molar-refractivity contribution in [3.8, 4) is 11.1 Å². The Bertz CT molecular complexity index is 3300. The van der Waals surface area contributed by atoms with E-state index in [2.05, 4.69) is 322 Å². The third-order valence-corrected chi connectivity index (χ3v) is 16.4. The standard InChI is InChI=1S/C77H98N2/c1-49-29-28-30-50(35-49)51-33-34-66-67(36-51)69(79(62-45-56(74(14,15)16)39-57(46-62)75(17,18)19)63-47-58(76(20,21)22)40-59(48-63)77(23,24)25)65-32-27-26-31-64(65)68(66)78(60-41-52(70(2,3)4)37-53(42-60)71(5,6)7)61-43-54(72(8,9)10)38-55(44-61)73(11,12)13/h26-48H,1-25H3. The lowest BCUT2D eigenvalue weighted by Gasteiger charge is -2.37. The minimum atomic E-state index is -0.112. The van der Waals surface area contributed by atoms with Crippen LogP contribution in [0.25, 0.3) is 32.7 Å². The summed E-state index contributed by atoms with van der Waals surface area (Å²) < 4.78 is 0. The highest BCUT2D eigenvalue weighted by Gasteiger charge is 2.33. The van der Waals surface area contributed by atoms with Gasteiger partial charge in [-0.25, -0.2) is 0 Å². The molecule has 8 aromatic carbocycles. The van der Waals surface area contributed by atoms with Crippen LogP contribution in [0.15, 0.2) is 140 Å². The molecule has 0 aliphatic heterocycles. The molecule has 0 aliphatic rings. The maximum atomic E-state index is 2.67. The van der Waals surface area contributed by atoms with Crippen molar-refractivity contribution in [2.24, 2.45) is 0 Å². The van der Waals surface area contributed by atoms with Crippen LogP contribution in [0.4, 0.5) is 34.1 Å². The third kappa shape index (κ3) is 12.5. The SMILES string of the molecule is Cc1cccc(-c2ccc3c(N(c4cc(C(C)(C)C)cc(C(C)(C)C)c4)c4cc(C(C)(C)C)cc(C(C)(C)C)c4)c4ccccc4c(N(c4cc(C(C)(C)C)cc(C(C)(C)C)c4)c4cc(C(C)(C)C)cc(C(C)(C)C)c4)c3c2)c1. The minimum Gasteiger partial charge on any atom is -0.309 e. The average Bonchev–Trinajstić information content (AvgIpc) is 3.51. The number of benzene rings is 8. The molecule has 0 N–H and O–H groups in total. The van der Waals surface area contributed by atoms with Crippen LogP contribution in [0.3, 0.4) is 0 Å². The summed E-state index contributed by atoms with van der Waals surface area (Å²) >= 11 is 0. The lowest BCUT2D eigenvalue weighted by Crippen LogP contribution is -2.22. The molecule has 0 aliphatic carbocycles. The van der Waals surface area contributed by atoms with E-state index in [1.807, 2.05) is 0 Å². The Balaban J connectivity index is 1.69. The van der Waals surface area contributed by atoms with E-state index in [1.165, 1.54) is 117 Å². The van der Waals surface area contributed by atoms with Crippen molar-refractivity contribution in [1.29, 1.82) is 0 Å². The van der Waals surface area contributed by atoms with Gasteiger partial charge in [0.25, 0.3) is 0 Å². The highest BCUT2D eigenvalue weighted by molar-refractivity contribution is 6.24. The molecule has 0 aromatic heterocycles. The number of anilines is 6. The fourth-order valence-corrected chi connectivity index (χ4v) is 10.9. The van der Waals surface area contributed by atoms with Crippen LogP contribution in [-0.4, -0.2) is 0 Å². The van der Waals surface area contributed by atoms with Crippen LogP contribution in [0.2, 0.25) is 0 Å². The van der Waals surface area contributed by atoms with Crippen LogP contribution in [0.5, 0.6) is 0 Å². The maximum absolute atomic E-state index is 2.67. The van der Waals surface area contributed by atoms with Crippen LogP contribution < -0.4 is 9.80 Å². The monoisotopic (exact) mass is 1050 g/mol. The Morgan fingerprint density at radius 1 is 0.228 bits per heavy atom. The van der Waals surface area contributed by atoms with Crippen molar-refractivity contribution in [3.05, 3.63) is 190 Å². The highest BCUT2D eigenvalue weighted by Crippen LogP contribution is 2.54. The van der Waals surface area contributed by atoms with Gasteiger partial charge in [-0.1, -0.05) is 257 Å². The molecule has 0 radical (unpaired) electrons. The molecular weight excluding hydrogens is 953 g/mol. The first kappa shape index (κ1) is 59.0. The van der Waals surface area contributed by atoms with Gasteiger partial charge < -0.3 is 9.80 Å². The Morgan fingerprint density at radius 2 is 0.481 bits per heavy atom. The second kappa shape index (κ2) is 20.1. The van der Waals surface area contributed by atoms with Gasteiger partial charge in [0.2, 0.25) is 0 Å². The van der Waals surface area contributed by atoms with Crippen LogP contribution in [-0.2, 0) is 43.3 Å². The van der Waals surface area contributed by atoms with Crippen molar-refractivity contribution in [2.45, 2.75) is 216 Å². The first-order valence-electron chi connectivity index (χ1n) is 29.4. The summed E-state index contributed by atoms with van der Waals surface area (Å²) in [6.07, 6.45) is 0. The Kier molecular flexibility index (Phi) is 15.1. The molecule has 8 rings (SSSR count). The van der Waals surface area contributed by atoms with Gasteiger partial charge in [0.05, 0.1) is 11.4 Å². The van der Waals surface area contributed by atoms with Crippen molar-refractivity contribution in [1.82, 2.24) is 0 Å². The normalized spacial score (nSPS) is 13.4. The Hall–Kier alpha value is -6.12. The van der Waals surface area contributed by atoms with Crippen LogP contribution in [0.1, 0.15) is 216 Å². The smallest absolute Gasteiger partial charge is 0.0620 e. The quantitative estimate of drug-likeness (QED) is 0.116. The van der Waals surface area contributed by atoms with Gasteiger partial charge in [-0.15, -0.1) is 0 Å². The third-order valence-electron chi connectivity index (χ3n) is 16.4. The van der Waals surface area contributed by atoms with Crippen molar-refractivity contribution < 1.29 is 0 Å². The molecule has 0 fully saturated rings. The van der Waals surface area contributed by atoms with Gasteiger partial charge in [-0.2, -0.15) is 0 Å². The molecule has 0 atom stereocenters. The second-order valence-corrected chi connectivity index (χ2v) is 31.6. The first-order valence-corrected chi connectivity index (χ1v) is 29.4. The Labute approximate surface area is 480 Å². The van der Waals surface area contributed by atoms with Gasteiger partial charge in [-0.05, 0) is 160 Å². The van der Waals surface area contributed by atoms with Crippen LogP contribution >= 0.6 is 0 Å². The summed E-state index contributed by atoms with van der Waals surface area (Å²) in [5.74, 6) is 0. The van der Waals surface area contributed by atoms with E-state index < -0.39 is 0 Å². The highest BCUT2D eigenvalue weighted by atomic mass is 15.2. The molecule has 0 bridgehead atoms. The minimum absolute atomic E-state index is 0.107. The van der Waals surface area contributed by atoms with Gasteiger partial charge in [0.15, 0.2) is 0 Å². The summed E-state index contributed by atoms with van der Waals surface area (Å²) in [4.78, 5) is 5.33. The zero-order valence-corrected chi connectivity index (χ0v) is 53.7. The zero-order chi connectivity index (χ0) is 58.5. The summed E-state index contributed by atoms with van der Waals surface area (Å²) in [5.41, 5.74) is 20.4. The number of rotatable bonds is 7. The van der Waals surface area contributed by atoms with Crippen molar-refractivity contribution in [2.75, 3.05) is 9.80 Å². The molecule has 0 saturated carbocycles. The van der Waals surface area contributed by atoms with Crippen molar-refractivity contribution in [3.63, 3.8) is 0 Å². The number of hydrogen-bond donors (Lipinski definition) is 0. The van der Waals surface area contributed by atoms with E-state index in [-0.39, 0.29) is 43.3 Å². The molecule has 2 nitrogen and oxygen atoms in total. The molecule has 2 heteroatoms. The molecule has 0 amide bonds. The number of hydrogen-bond acceptors (Lipinski definition) is 2. The predicted molar refractivity (Wildman–Crippen MR) is 351 cm³/mol. The molecule has 0 spiro atoms. The molecule has 0 unspecified atom stereocenters. The van der Waals surface area contributed by atoms with Gasteiger partial charge >= 0.3 is 0 Å². The lowest BCUT2D eigenvalue weighted by atomic mass is 9.79. The fourth-order valence-electron chi connectivity index (χ4n) is 10.9. The molecule has 0 saturated heterocycles. The topological polar surface area (TPSA) is 6.48 Å². The molecule has 8 aromatic rings. The largest absolute Gasteiger partial charge is 0.309 e. The molecule has 0 heterocycles. The maximum Gasteiger partial charge on any atom is 0.0620 e. The summed E-state index contributed by atoms with van der Waals surface area (Å²) in [6.45, 7) is 58.9. The summed E-state index contributed by atoms with van der Waals surface area (Å²) in [6, 6.07) is 55.6. The van der Waals surface area contributed by atoms with E-state index in [9.17, 15) is 0 Å². The van der Waals surface area contributed by atoms with E-state index in [4.69, 9.17) is 0 Å². The van der Waals surface area contributed by atoms with E-state index >= 15 is 0 Å². The fraction of sp³-hybridized carbons (Fsp3) is 0.429. The summed E-state index contributed by atoms with van der Waals surface area (Å²) in [5, 5.41) is 4.78. The van der Waals surface area contributed by atoms with Crippen molar-refractivity contribution >= 4 is 55.7 Å². The van der Waals surface area contributed by atoms with E-state index in [1.54, 1.807) is 0 Å². The molecular formula is C77H98N2. The number of aryl methyl sites for hydroxylation is 1. The second-order valence-electron chi connectivity index (χ2n) is 31.6. The summed E-state index contributed by atoms with van der Waals surface area (Å²) in [7, 11) is 0. The lowest BCUT2D eigenvalue weighted by molar-refractivity contribution is 0.567. The van der Waals surface area contributed by atoms with Crippen LogP contribution in [0, 0.1) is 6.92 Å². The van der Waals surface area contributed by atoms with Gasteiger partial charge in [0.1, 0.15) is 0 Å². The van der Waals surface area contributed by atoms with Gasteiger partial charge in [-0.3, -0.25) is 0 Å².